The Bertz CT molecular complexity index is 981. The summed E-state index contributed by atoms with van der Waals surface area (Å²) in [4.78, 5) is 13.7. The number of nitrogens with one attached hydrogen (secondary N) is 1. The SMILES string of the molecule is COc1ccc(C2=C[C@@H](c3ccccc3O)N(C(=O)c3cccs3)N2)cc1. The molecule has 0 unspecified atom stereocenters. The number of benzene rings is 2. The first-order chi connectivity index (χ1) is 13.2. The fraction of sp³-hybridized carbons (Fsp3) is 0.0952. The van der Waals surface area contributed by atoms with Crippen molar-refractivity contribution in [2.75, 3.05) is 7.11 Å². The Hall–Kier alpha value is -3.25. The molecule has 0 saturated carbocycles. The van der Waals surface area contributed by atoms with E-state index in [0.717, 1.165) is 17.0 Å². The summed E-state index contributed by atoms with van der Waals surface area (Å²) in [6, 6.07) is 17.9. The third-order valence-electron chi connectivity index (χ3n) is 4.45. The van der Waals surface area contributed by atoms with Gasteiger partial charge in [0.05, 0.1) is 17.7 Å². The van der Waals surface area contributed by atoms with E-state index in [4.69, 9.17) is 4.74 Å². The Morgan fingerprint density at radius 3 is 2.56 bits per heavy atom. The quantitative estimate of drug-likeness (QED) is 0.714. The first-order valence-electron chi connectivity index (χ1n) is 8.45. The number of phenolic OH excluding ortho intramolecular Hbond substituents is 1. The van der Waals surface area contributed by atoms with Crippen LogP contribution in [0.3, 0.4) is 0 Å². The number of hydrazine groups is 1. The van der Waals surface area contributed by atoms with Gasteiger partial charge in [0.2, 0.25) is 0 Å². The molecule has 0 saturated heterocycles. The van der Waals surface area contributed by atoms with Crippen LogP contribution in [0.1, 0.15) is 26.8 Å². The van der Waals surface area contributed by atoms with E-state index >= 15 is 0 Å². The summed E-state index contributed by atoms with van der Waals surface area (Å²) in [7, 11) is 1.62. The fourth-order valence-corrected chi connectivity index (χ4v) is 3.72. The van der Waals surface area contributed by atoms with Gasteiger partial charge in [-0.2, -0.15) is 0 Å². The molecule has 0 aliphatic carbocycles. The second-order valence-corrected chi connectivity index (χ2v) is 7.02. The highest BCUT2D eigenvalue weighted by Gasteiger charge is 2.33. The number of methoxy groups -OCH3 is 1. The van der Waals surface area contributed by atoms with Crippen molar-refractivity contribution in [2.24, 2.45) is 0 Å². The van der Waals surface area contributed by atoms with Gasteiger partial charge in [0.15, 0.2) is 0 Å². The molecule has 136 valence electrons. The largest absolute Gasteiger partial charge is 0.508 e. The molecule has 1 aromatic heterocycles. The number of carbonyl (C=O) groups is 1. The number of para-hydroxylation sites is 1. The minimum atomic E-state index is -0.419. The first-order valence-corrected chi connectivity index (χ1v) is 9.33. The van der Waals surface area contributed by atoms with Crippen molar-refractivity contribution in [3.63, 3.8) is 0 Å². The summed E-state index contributed by atoms with van der Waals surface area (Å²) in [6.45, 7) is 0. The molecule has 2 aromatic carbocycles. The van der Waals surface area contributed by atoms with Crippen molar-refractivity contribution in [3.8, 4) is 11.5 Å². The van der Waals surface area contributed by atoms with E-state index in [1.807, 2.05) is 53.9 Å². The van der Waals surface area contributed by atoms with Crippen LogP contribution in [0.15, 0.2) is 72.1 Å². The molecule has 2 N–H and O–H groups in total. The molecule has 1 amide bonds. The number of aromatic hydroxyl groups is 1. The molecule has 27 heavy (non-hydrogen) atoms. The zero-order valence-electron chi connectivity index (χ0n) is 14.6. The van der Waals surface area contributed by atoms with Gasteiger partial charge in [-0.25, -0.2) is 5.01 Å². The fourth-order valence-electron chi connectivity index (χ4n) is 3.06. The lowest BCUT2D eigenvalue weighted by Gasteiger charge is -2.25. The summed E-state index contributed by atoms with van der Waals surface area (Å²) >= 11 is 1.39. The Labute approximate surface area is 161 Å². The summed E-state index contributed by atoms with van der Waals surface area (Å²) in [5.74, 6) is 0.777. The smallest absolute Gasteiger partial charge is 0.283 e. The van der Waals surface area contributed by atoms with Crippen LogP contribution < -0.4 is 10.2 Å². The average Bonchev–Trinajstić information content (AvgIpc) is 3.38. The number of nitrogens with zero attached hydrogens (tertiary/aromatic N) is 1. The Kier molecular flexibility index (Phi) is 4.56. The van der Waals surface area contributed by atoms with Crippen molar-refractivity contribution in [3.05, 3.63) is 88.1 Å². The van der Waals surface area contributed by atoms with E-state index < -0.39 is 6.04 Å². The lowest BCUT2D eigenvalue weighted by atomic mass is 10.0. The molecule has 0 spiro atoms. The Balaban J connectivity index is 1.73. The van der Waals surface area contributed by atoms with Crippen LogP contribution in [-0.2, 0) is 0 Å². The number of rotatable bonds is 4. The minimum absolute atomic E-state index is 0.141. The average molecular weight is 378 g/mol. The Morgan fingerprint density at radius 1 is 1.11 bits per heavy atom. The number of hydrogen-bond acceptors (Lipinski definition) is 5. The molecular weight excluding hydrogens is 360 g/mol. The number of thiophene rings is 1. The van der Waals surface area contributed by atoms with Crippen molar-refractivity contribution in [2.45, 2.75) is 6.04 Å². The molecule has 1 aliphatic rings. The highest BCUT2D eigenvalue weighted by Crippen LogP contribution is 2.36. The van der Waals surface area contributed by atoms with Gasteiger partial charge >= 0.3 is 0 Å². The number of hydrogen-bond donors (Lipinski definition) is 2. The van der Waals surface area contributed by atoms with Gasteiger partial charge in [0.1, 0.15) is 17.5 Å². The van der Waals surface area contributed by atoms with Gasteiger partial charge in [-0.1, -0.05) is 24.3 Å². The van der Waals surface area contributed by atoms with E-state index in [1.165, 1.54) is 11.3 Å². The van der Waals surface area contributed by atoms with Gasteiger partial charge in [-0.3, -0.25) is 10.2 Å². The van der Waals surface area contributed by atoms with E-state index in [-0.39, 0.29) is 11.7 Å². The van der Waals surface area contributed by atoms with Crippen LogP contribution in [0.25, 0.3) is 5.70 Å². The van der Waals surface area contributed by atoms with E-state index in [1.54, 1.807) is 30.3 Å². The highest BCUT2D eigenvalue weighted by molar-refractivity contribution is 7.12. The van der Waals surface area contributed by atoms with Crippen molar-refractivity contribution in [1.29, 1.82) is 0 Å². The molecule has 1 atom stereocenters. The maximum atomic E-state index is 13.0. The summed E-state index contributed by atoms with van der Waals surface area (Å²) in [5, 5.41) is 13.7. The van der Waals surface area contributed by atoms with Gasteiger partial charge in [-0.15, -0.1) is 11.3 Å². The summed E-state index contributed by atoms with van der Waals surface area (Å²) in [6.07, 6.45) is 1.95. The van der Waals surface area contributed by atoms with Crippen LogP contribution in [0.5, 0.6) is 11.5 Å². The molecular formula is C21H18N2O3S. The van der Waals surface area contributed by atoms with Crippen LogP contribution >= 0.6 is 11.3 Å². The zero-order valence-corrected chi connectivity index (χ0v) is 15.4. The molecule has 1 aliphatic heterocycles. The van der Waals surface area contributed by atoms with Gasteiger partial charge < -0.3 is 9.84 Å². The molecule has 4 rings (SSSR count). The third-order valence-corrected chi connectivity index (χ3v) is 5.31. The molecule has 6 heteroatoms. The standard InChI is InChI=1S/C21H18N2O3S/c1-26-15-10-8-14(9-11-15)17-13-18(16-5-2-3-6-19(16)24)23(22-17)21(25)20-7-4-12-27-20/h2-13,18,22,24H,1H3/t18-/m0/s1. The summed E-state index contributed by atoms with van der Waals surface area (Å²) < 4.78 is 5.21. The number of carbonyl (C=O) groups excluding carboxylic acids is 1. The molecule has 0 bridgehead atoms. The predicted octanol–water partition coefficient (Wildman–Crippen LogP) is 4.21. The van der Waals surface area contributed by atoms with Crippen LogP contribution in [-0.4, -0.2) is 23.1 Å². The topological polar surface area (TPSA) is 61.8 Å². The number of phenols is 1. The molecule has 0 radical (unpaired) electrons. The second-order valence-electron chi connectivity index (χ2n) is 6.08. The lowest BCUT2D eigenvalue weighted by molar-refractivity contribution is 0.0676. The number of amides is 1. The van der Waals surface area contributed by atoms with Gasteiger partial charge in [-0.05, 0) is 53.4 Å². The second kappa shape index (κ2) is 7.17. The zero-order chi connectivity index (χ0) is 18.8. The van der Waals surface area contributed by atoms with Crippen LogP contribution in [0.2, 0.25) is 0 Å². The monoisotopic (exact) mass is 378 g/mol. The van der Waals surface area contributed by atoms with Crippen molar-refractivity contribution >= 4 is 22.9 Å². The summed E-state index contributed by atoms with van der Waals surface area (Å²) in [5.41, 5.74) is 5.60. The predicted molar refractivity (Wildman–Crippen MR) is 105 cm³/mol. The van der Waals surface area contributed by atoms with E-state index in [9.17, 15) is 9.90 Å². The minimum Gasteiger partial charge on any atom is -0.508 e. The van der Waals surface area contributed by atoms with Crippen LogP contribution in [0, 0.1) is 0 Å². The normalized spacial score (nSPS) is 16.0. The van der Waals surface area contributed by atoms with E-state index in [2.05, 4.69) is 5.43 Å². The number of ether oxygens (including phenoxy) is 1. The van der Waals surface area contributed by atoms with Gasteiger partial charge in [0.25, 0.3) is 5.91 Å². The van der Waals surface area contributed by atoms with Crippen molar-refractivity contribution < 1.29 is 14.6 Å². The van der Waals surface area contributed by atoms with Gasteiger partial charge in [0, 0.05) is 5.56 Å². The maximum absolute atomic E-state index is 13.0. The lowest BCUT2D eigenvalue weighted by Crippen LogP contribution is -2.39. The third kappa shape index (κ3) is 3.27. The molecule has 5 nitrogen and oxygen atoms in total. The highest BCUT2D eigenvalue weighted by atomic mass is 32.1. The van der Waals surface area contributed by atoms with Crippen LogP contribution in [0.4, 0.5) is 0 Å². The first kappa shape index (κ1) is 17.2. The molecule has 3 aromatic rings. The Morgan fingerprint density at radius 2 is 1.89 bits per heavy atom. The van der Waals surface area contributed by atoms with Crippen molar-refractivity contribution in [1.82, 2.24) is 10.4 Å². The molecule has 0 fully saturated rings. The molecule has 2 heterocycles. The van der Waals surface area contributed by atoms with E-state index in [0.29, 0.717) is 10.4 Å². The maximum Gasteiger partial charge on any atom is 0.283 e.